The van der Waals surface area contributed by atoms with Gasteiger partial charge in [0.15, 0.2) is 0 Å². The lowest BCUT2D eigenvalue weighted by Crippen LogP contribution is -2.46. The van der Waals surface area contributed by atoms with Crippen LogP contribution in [0.25, 0.3) is 0 Å². The zero-order valence-electron chi connectivity index (χ0n) is 14.6. The van der Waals surface area contributed by atoms with Gasteiger partial charge in [0.25, 0.3) is 0 Å². The summed E-state index contributed by atoms with van der Waals surface area (Å²) in [5.74, 6) is -1.06. The van der Waals surface area contributed by atoms with E-state index in [9.17, 15) is 22.8 Å². The minimum atomic E-state index is -4.82. The Morgan fingerprint density at radius 3 is 2.50 bits per heavy atom. The second-order valence-electron chi connectivity index (χ2n) is 6.35. The predicted molar refractivity (Wildman–Crippen MR) is 89.7 cm³/mol. The molecule has 1 aliphatic heterocycles. The lowest BCUT2D eigenvalue weighted by Gasteiger charge is -2.32. The second-order valence-corrected chi connectivity index (χ2v) is 6.35. The number of benzene rings is 1. The van der Waals surface area contributed by atoms with Gasteiger partial charge < -0.3 is 15.0 Å². The molecule has 1 saturated heterocycles. The number of carbonyl (C=O) groups is 2. The van der Waals surface area contributed by atoms with Crippen LogP contribution in [-0.2, 0) is 16.0 Å². The number of hydrogen-bond donors (Lipinski definition) is 1. The number of alkyl halides is 3. The first-order chi connectivity index (χ1) is 12.3. The first kappa shape index (κ1) is 20.1. The van der Waals surface area contributed by atoms with Crippen LogP contribution in [0.3, 0.4) is 0 Å². The van der Waals surface area contributed by atoms with Gasteiger partial charge in [0.05, 0.1) is 7.11 Å². The van der Waals surface area contributed by atoms with Crippen molar-refractivity contribution in [3.8, 4) is 5.75 Å². The normalized spacial score (nSPS) is 15.6. The molecule has 1 N–H and O–H groups in total. The molecule has 1 aromatic carbocycles. The SMILES string of the molecule is COc1ccccc1CCC(=O)NCC1CCN(C(=O)C(F)(F)F)CC1. The molecular formula is C18H23F3N2O3. The standard InChI is InChI=1S/C18H23F3N2O3/c1-26-15-5-3-2-4-14(15)6-7-16(24)22-12-13-8-10-23(11-9-13)17(25)18(19,20)21/h2-5,13H,6-12H2,1H3,(H,22,24). The summed E-state index contributed by atoms with van der Waals surface area (Å²) in [7, 11) is 1.58. The van der Waals surface area contributed by atoms with Gasteiger partial charge in [0.2, 0.25) is 5.91 Å². The number of likely N-dealkylation sites (tertiary alicyclic amines) is 1. The third-order valence-corrected chi connectivity index (χ3v) is 4.55. The summed E-state index contributed by atoms with van der Waals surface area (Å²) >= 11 is 0. The van der Waals surface area contributed by atoms with Crippen molar-refractivity contribution >= 4 is 11.8 Å². The molecule has 1 aromatic rings. The quantitative estimate of drug-likeness (QED) is 0.835. The molecule has 1 fully saturated rings. The third kappa shape index (κ3) is 5.64. The number of ether oxygens (including phenoxy) is 1. The Hall–Kier alpha value is -2.25. The van der Waals surface area contributed by atoms with Gasteiger partial charge in [-0.05, 0) is 36.8 Å². The van der Waals surface area contributed by atoms with Gasteiger partial charge in [-0.1, -0.05) is 18.2 Å². The average molecular weight is 372 g/mol. The number of carbonyl (C=O) groups excluding carboxylic acids is 2. The van der Waals surface area contributed by atoms with E-state index in [4.69, 9.17) is 4.74 Å². The first-order valence-corrected chi connectivity index (χ1v) is 8.56. The molecule has 2 amide bonds. The van der Waals surface area contributed by atoms with Gasteiger partial charge >= 0.3 is 12.1 Å². The van der Waals surface area contributed by atoms with Crippen LogP contribution in [0.5, 0.6) is 5.75 Å². The van der Waals surface area contributed by atoms with Crippen LogP contribution in [0.15, 0.2) is 24.3 Å². The zero-order chi connectivity index (χ0) is 19.2. The maximum atomic E-state index is 12.4. The highest BCUT2D eigenvalue weighted by molar-refractivity contribution is 5.82. The zero-order valence-corrected chi connectivity index (χ0v) is 14.6. The van der Waals surface area contributed by atoms with Gasteiger partial charge in [-0.2, -0.15) is 13.2 Å². The van der Waals surface area contributed by atoms with E-state index in [1.807, 2.05) is 24.3 Å². The molecule has 5 nitrogen and oxygen atoms in total. The molecule has 26 heavy (non-hydrogen) atoms. The highest BCUT2D eigenvalue weighted by Crippen LogP contribution is 2.23. The molecule has 0 atom stereocenters. The van der Waals surface area contributed by atoms with Gasteiger partial charge in [0, 0.05) is 26.1 Å². The third-order valence-electron chi connectivity index (χ3n) is 4.55. The number of para-hydroxylation sites is 1. The fourth-order valence-electron chi connectivity index (χ4n) is 3.02. The summed E-state index contributed by atoms with van der Waals surface area (Å²) in [6.45, 7) is 0.555. The Labute approximate surface area is 150 Å². The van der Waals surface area contributed by atoms with Crippen molar-refractivity contribution in [1.82, 2.24) is 10.2 Å². The second kappa shape index (κ2) is 8.91. The summed E-state index contributed by atoms with van der Waals surface area (Å²) in [6, 6.07) is 7.48. The van der Waals surface area contributed by atoms with Crippen molar-refractivity contribution in [1.29, 1.82) is 0 Å². The summed E-state index contributed by atoms with van der Waals surface area (Å²) < 4.78 is 42.5. The van der Waals surface area contributed by atoms with Crippen LogP contribution in [0.2, 0.25) is 0 Å². The number of rotatable bonds is 6. The minimum absolute atomic E-state index is 0.0695. The number of halogens is 3. The van der Waals surface area contributed by atoms with Crippen molar-refractivity contribution in [2.45, 2.75) is 31.9 Å². The summed E-state index contributed by atoms with van der Waals surface area (Å²) in [5, 5.41) is 2.83. The number of piperidine rings is 1. The molecule has 0 bridgehead atoms. The maximum absolute atomic E-state index is 12.4. The van der Waals surface area contributed by atoms with Crippen LogP contribution in [0.1, 0.15) is 24.8 Å². The van der Waals surface area contributed by atoms with Gasteiger partial charge in [-0.3, -0.25) is 9.59 Å². The van der Waals surface area contributed by atoms with Crippen LogP contribution >= 0.6 is 0 Å². The van der Waals surface area contributed by atoms with Crippen LogP contribution in [0, 0.1) is 5.92 Å². The smallest absolute Gasteiger partial charge is 0.471 e. The molecule has 0 radical (unpaired) electrons. The Balaban J connectivity index is 1.70. The topological polar surface area (TPSA) is 58.6 Å². The number of methoxy groups -OCH3 is 1. The van der Waals surface area contributed by atoms with Crippen LogP contribution in [0.4, 0.5) is 13.2 Å². The summed E-state index contributed by atoms with van der Waals surface area (Å²) in [6.07, 6.45) is -3.05. The lowest BCUT2D eigenvalue weighted by molar-refractivity contribution is -0.186. The van der Waals surface area contributed by atoms with Crippen molar-refractivity contribution < 1.29 is 27.5 Å². The van der Waals surface area contributed by atoms with E-state index in [1.54, 1.807) is 7.11 Å². The largest absolute Gasteiger partial charge is 0.496 e. The van der Waals surface area contributed by atoms with E-state index >= 15 is 0 Å². The van der Waals surface area contributed by atoms with Crippen molar-refractivity contribution in [3.63, 3.8) is 0 Å². The Kier molecular flexibility index (Phi) is 6.88. The monoisotopic (exact) mass is 372 g/mol. The van der Waals surface area contributed by atoms with E-state index in [2.05, 4.69) is 5.32 Å². The van der Waals surface area contributed by atoms with E-state index in [1.165, 1.54) is 0 Å². The predicted octanol–water partition coefficient (Wildman–Crippen LogP) is 2.54. The molecule has 0 unspecified atom stereocenters. The van der Waals surface area contributed by atoms with E-state index in [0.717, 1.165) is 16.2 Å². The van der Waals surface area contributed by atoms with E-state index < -0.39 is 12.1 Å². The number of nitrogens with one attached hydrogen (secondary N) is 1. The fraction of sp³-hybridized carbons (Fsp3) is 0.556. The molecule has 1 aliphatic rings. The molecule has 0 spiro atoms. The Morgan fingerprint density at radius 1 is 1.23 bits per heavy atom. The average Bonchev–Trinajstić information content (AvgIpc) is 2.64. The summed E-state index contributed by atoms with van der Waals surface area (Å²) in [4.78, 5) is 24.0. The highest BCUT2D eigenvalue weighted by Gasteiger charge is 2.43. The minimum Gasteiger partial charge on any atom is -0.496 e. The molecule has 1 heterocycles. The van der Waals surface area contributed by atoms with Gasteiger partial charge in [-0.25, -0.2) is 0 Å². The van der Waals surface area contributed by atoms with E-state index in [0.29, 0.717) is 32.2 Å². The van der Waals surface area contributed by atoms with Gasteiger partial charge in [0.1, 0.15) is 5.75 Å². The number of amides is 2. The van der Waals surface area contributed by atoms with Crippen molar-refractivity contribution in [2.24, 2.45) is 5.92 Å². The van der Waals surface area contributed by atoms with Crippen LogP contribution < -0.4 is 10.1 Å². The fourth-order valence-corrected chi connectivity index (χ4v) is 3.02. The molecule has 2 rings (SSSR count). The molecule has 0 saturated carbocycles. The molecule has 144 valence electrons. The summed E-state index contributed by atoms with van der Waals surface area (Å²) in [5.41, 5.74) is 0.948. The Morgan fingerprint density at radius 2 is 1.88 bits per heavy atom. The molecule has 0 aromatic heterocycles. The number of aryl methyl sites for hydroxylation is 1. The first-order valence-electron chi connectivity index (χ1n) is 8.56. The Bertz CT molecular complexity index is 626. The van der Waals surface area contributed by atoms with Crippen molar-refractivity contribution in [2.75, 3.05) is 26.7 Å². The van der Waals surface area contributed by atoms with Gasteiger partial charge in [-0.15, -0.1) is 0 Å². The highest BCUT2D eigenvalue weighted by atomic mass is 19.4. The number of hydrogen-bond acceptors (Lipinski definition) is 3. The van der Waals surface area contributed by atoms with E-state index in [-0.39, 0.29) is 24.9 Å². The molecular weight excluding hydrogens is 349 g/mol. The lowest BCUT2D eigenvalue weighted by atomic mass is 9.96. The molecule has 0 aliphatic carbocycles. The van der Waals surface area contributed by atoms with Crippen LogP contribution in [-0.4, -0.2) is 49.6 Å². The number of nitrogens with zero attached hydrogens (tertiary/aromatic N) is 1. The van der Waals surface area contributed by atoms with Crippen molar-refractivity contribution in [3.05, 3.63) is 29.8 Å². The maximum Gasteiger partial charge on any atom is 0.471 e. The molecule has 8 heteroatoms.